The number of carbonyl (C=O) groups excluding carboxylic acids is 1. The Morgan fingerprint density at radius 3 is 2.15 bits per heavy atom. The summed E-state index contributed by atoms with van der Waals surface area (Å²) in [5, 5.41) is 2.87. The van der Waals surface area contributed by atoms with Crippen molar-refractivity contribution in [3.8, 4) is 17.2 Å². The van der Waals surface area contributed by atoms with E-state index in [1.807, 2.05) is 19.1 Å². The molecule has 0 saturated carbocycles. The maximum atomic E-state index is 11.6. The van der Waals surface area contributed by atoms with Gasteiger partial charge in [-0.25, -0.2) is 0 Å². The second-order valence-electron chi connectivity index (χ2n) is 4.29. The molecule has 0 aliphatic carbocycles. The minimum atomic E-state index is -0.178. The first-order valence-electron chi connectivity index (χ1n) is 6.36. The summed E-state index contributed by atoms with van der Waals surface area (Å²) in [5.74, 6) is 1.55. The number of hydrogen-bond donors (Lipinski definition) is 2. The van der Waals surface area contributed by atoms with Crippen LogP contribution < -0.4 is 25.3 Å². The third-order valence-corrected chi connectivity index (χ3v) is 2.94. The highest BCUT2D eigenvalue weighted by Gasteiger charge is 2.17. The summed E-state index contributed by atoms with van der Waals surface area (Å²) < 4.78 is 15.8. The lowest BCUT2D eigenvalue weighted by Gasteiger charge is -2.18. The Balaban J connectivity index is 3.03. The maximum Gasteiger partial charge on any atom is 0.221 e. The molecule has 1 amide bonds. The molecule has 0 spiro atoms. The lowest BCUT2D eigenvalue weighted by atomic mass is 10.1. The molecule has 0 radical (unpaired) electrons. The van der Waals surface area contributed by atoms with E-state index in [0.717, 1.165) is 5.56 Å². The standard InChI is InChI=1S/C14H22N2O4/c1-9(16-13(17)5-6-15)10-7-11(18-2)14(20-4)12(8-10)19-3/h7-9H,5-6,15H2,1-4H3,(H,16,17). The monoisotopic (exact) mass is 282 g/mol. The van der Waals surface area contributed by atoms with E-state index < -0.39 is 0 Å². The molecule has 6 nitrogen and oxygen atoms in total. The summed E-state index contributed by atoms with van der Waals surface area (Å²) in [6, 6.07) is 3.45. The van der Waals surface area contributed by atoms with Crippen molar-refractivity contribution in [2.24, 2.45) is 5.73 Å². The minimum Gasteiger partial charge on any atom is -0.493 e. The molecular formula is C14H22N2O4. The predicted molar refractivity (Wildman–Crippen MR) is 76.3 cm³/mol. The van der Waals surface area contributed by atoms with Gasteiger partial charge in [0.1, 0.15) is 0 Å². The summed E-state index contributed by atoms with van der Waals surface area (Å²) in [6.07, 6.45) is 0.300. The molecular weight excluding hydrogens is 260 g/mol. The fourth-order valence-corrected chi connectivity index (χ4v) is 1.88. The van der Waals surface area contributed by atoms with Gasteiger partial charge in [-0.05, 0) is 24.6 Å². The number of hydrogen-bond acceptors (Lipinski definition) is 5. The highest BCUT2D eigenvalue weighted by atomic mass is 16.5. The summed E-state index contributed by atoms with van der Waals surface area (Å²) in [4.78, 5) is 11.6. The second-order valence-corrected chi connectivity index (χ2v) is 4.29. The minimum absolute atomic E-state index is 0.0891. The summed E-state index contributed by atoms with van der Waals surface area (Å²) in [6.45, 7) is 2.21. The number of rotatable bonds is 7. The number of nitrogens with one attached hydrogen (secondary N) is 1. The van der Waals surface area contributed by atoms with Gasteiger partial charge in [0, 0.05) is 13.0 Å². The van der Waals surface area contributed by atoms with Crippen LogP contribution in [0.25, 0.3) is 0 Å². The average molecular weight is 282 g/mol. The van der Waals surface area contributed by atoms with E-state index in [4.69, 9.17) is 19.9 Å². The van der Waals surface area contributed by atoms with Crippen molar-refractivity contribution in [1.29, 1.82) is 0 Å². The van der Waals surface area contributed by atoms with Gasteiger partial charge in [0.05, 0.1) is 27.4 Å². The molecule has 0 aromatic heterocycles. The van der Waals surface area contributed by atoms with Crippen LogP contribution in [-0.4, -0.2) is 33.8 Å². The van der Waals surface area contributed by atoms with Gasteiger partial charge in [-0.15, -0.1) is 0 Å². The number of methoxy groups -OCH3 is 3. The summed E-state index contributed by atoms with van der Waals surface area (Å²) in [7, 11) is 4.66. The van der Waals surface area contributed by atoms with E-state index in [1.54, 1.807) is 21.3 Å². The Morgan fingerprint density at radius 1 is 1.20 bits per heavy atom. The topological polar surface area (TPSA) is 82.8 Å². The van der Waals surface area contributed by atoms with Crippen molar-refractivity contribution in [2.75, 3.05) is 27.9 Å². The molecule has 0 fully saturated rings. The smallest absolute Gasteiger partial charge is 0.221 e. The van der Waals surface area contributed by atoms with Crippen LogP contribution >= 0.6 is 0 Å². The SMILES string of the molecule is COc1cc(C(C)NC(=O)CCN)cc(OC)c1OC. The van der Waals surface area contributed by atoms with Crippen molar-refractivity contribution in [3.63, 3.8) is 0 Å². The molecule has 0 bridgehead atoms. The van der Waals surface area contributed by atoms with Gasteiger partial charge < -0.3 is 25.3 Å². The normalized spacial score (nSPS) is 11.7. The lowest BCUT2D eigenvalue weighted by molar-refractivity contribution is -0.121. The molecule has 6 heteroatoms. The van der Waals surface area contributed by atoms with Crippen molar-refractivity contribution in [3.05, 3.63) is 17.7 Å². The van der Waals surface area contributed by atoms with Crippen molar-refractivity contribution < 1.29 is 19.0 Å². The number of carbonyl (C=O) groups is 1. The molecule has 1 aromatic rings. The van der Waals surface area contributed by atoms with Gasteiger partial charge >= 0.3 is 0 Å². The van der Waals surface area contributed by atoms with Gasteiger partial charge in [0.15, 0.2) is 11.5 Å². The summed E-state index contributed by atoms with van der Waals surface area (Å²) in [5.41, 5.74) is 6.22. The molecule has 0 aliphatic rings. The van der Waals surface area contributed by atoms with Crippen LogP contribution in [0, 0.1) is 0 Å². The van der Waals surface area contributed by atoms with Gasteiger partial charge in [0.25, 0.3) is 0 Å². The quantitative estimate of drug-likeness (QED) is 0.786. The molecule has 1 atom stereocenters. The van der Waals surface area contributed by atoms with Crippen LogP contribution in [0.2, 0.25) is 0 Å². The predicted octanol–water partition coefficient (Wildman–Crippen LogP) is 1.24. The molecule has 1 rings (SSSR count). The van der Waals surface area contributed by atoms with Gasteiger partial charge in [-0.3, -0.25) is 4.79 Å². The van der Waals surface area contributed by atoms with E-state index in [1.165, 1.54) is 0 Å². The fraction of sp³-hybridized carbons (Fsp3) is 0.500. The van der Waals surface area contributed by atoms with E-state index >= 15 is 0 Å². The number of amides is 1. The highest BCUT2D eigenvalue weighted by molar-refractivity contribution is 5.76. The third-order valence-electron chi connectivity index (χ3n) is 2.94. The lowest BCUT2D eigenvalue weighted by Crippen LogP contribution is -2.28. The zero-order valence-corrected chi connectivity index (χ0v) is 12.4. The first-order valence-corrected chi connectivity index (χ1v) is 6.36. The zero-order valence-electron chi connectivity index (χ0n) is 12.4. The Morgan fingerprint density at radius 2 is 1.75 bits per heavy atom. The average Bonchev–Trinajstić information content (AvgIpc) is 2.45. The number of benzene rings is 1. The van der Waals surface area contributed by atoms with Crippen molar-refractivity contribution in [1.82, 2.24) is 5.32 Å². The van der Waals surface area contributed by atoms with E-state index in [0.29, 0.717) is 30.2 Å². The van der Waals surface area contributed by atoms with Crippen LogP contribution in [0.1, 0.15) is 24.9 Å². The third kappa shape index (κ3) is 3.77. The van der Waals surface area contributed by atoms with Crippen LogP contribution in [-0.2, 0) is 4.79 Å². The molecule has 0 heterocycles. The van der Waals surface area contributed by atoms with Crippen LogP contribution in [0.4, 0.5) is 0 Å². The van der Waals surface area contributed by atoms with Gasteiger partial charge in [-0.1, -0.05) is 0 Å². The largest absolute Gasteiger partial charge is 0.493 e. The van der Waals surface area contributed by atoms with Crippen LogP contribution in [0.5, 0.6) is 17.2 Å². The first kappa shape index (κ1) is 16.1. The molecule has 3 N–H and O–H groups in total. The first-order chi connectivity index (χ1) is 9.57. The van der Waals surface area contributed by atoms with E-state index in [2.05, 4.69) is 5.32 Å². The van der Waals surface area contributed by atoms with Crippen LogP contribution in [0.15, 0.2) is 12.1 Å². The Labute approximate surface area is 119 Å². The zero-order chi connectivity index (χ0) is 15.1. The molecule has 0 aliphatic heterocycles. The van der Waals surface area contributed by atoms with Gasteiger partial charge in [0.2, 0.25) is 11.7 Å². The second kappa shape index (κ2) is 7.59. The maximum absolute atomic E-state index is 11.6. The number of ether oxygens (including phenoxy) is 3. The van der Waals surface area contributed by atoms with Gasteiger partial charge in [-0.2, -0.15) is 0 Å². The van der Waals surface area contributed by atoms with Crippen LogP contribution in [0.3, 0.4) is 0 Å². The number of nitrogens with two attached hydrogens (primary N) is 1. The molecule has 1 unspecified atom stereocenters. The van der Waals surface area contributed by atoms with E-state index in [9.17, 15) is 4.79 Å². The van der Waals surface area contributed by atoms with Crippen molar-refractivity contribution in [2.45, 2.75) is 19.4 Å². The Bertz CT molecular complexity index is 437. The Hall–Kier alpha value is -1.95. The molecule has 20 heavy (non-hydrogen) atoms. The Kier molecular flexibility index (Phi) is 6.11. The van der Waals surface area contributed by atoms with Crippen molar-refractivity contribution >= 4 is 5.91 Å². The highest BCUT2D eigenvalue weighted by Crippen LogP contribution is 2.39. The summed E-state index contributed by atoms with van der Waals surface area (Å²) >= 11 is 0. The molecule has 1 aromatic carbocycles. The fourth-order valence-electron chi connectivity index (χ4n) is 1.88. The molecule has 0 saturated heterocycles. The molecule has 112 valence electrons. The van der Waals surface area contributed by atoms with E-state index in [-0.39, 0.29) is 11.9 Å².